The highest BCUT2D eigenvalue weighted by Crippen LogP contribution is 2.32. The first-order valence-electron chi connectivity index (χ1n) is 11.3. The van der Waals surface area contributed by atoms with Crippen molar-refractivity contribution in [3.8, 4) is 0 Å². The number of carbonyl (C=O) groups excluding carboxylic acids is 1. The van der Waals surface area contributed by atoms with Crippen LogP contribution in [-0.4, -0.2) is 37.1 Å². The van der Waals surface area contributed by atoms with Crippen molar-refractivity contribution in [3.63, 3.8) is 0 Å². The summed E-state index contributed by atoms with van der Waals surface area (Å²) in [5, 5.41) is 5.75. The lowest BCUT2D eigenvalue weighted by Crippen LogP contribution is -2.47. The zero-order chi connectivity index (χ0) is 24.4. The van der Waals surface area contributed by atoms with Gasteiger partial charge in [0.05, 0.1) is 23.2 Å². The van der Waals surface area contributed by atoms with Gasteiger partial charge in [0, 0.05) is 42.1 Å². The van der Waals surface area contributed by atoms with E-state index in [-0.39, 0.29) is 5.91 Å². The molecule has 1 saturated heterocycles. The average Bonchev–Trinajstić information content (AvgIpc) is 3.40. The van der Waals surface area contributed by atoms with Gasteiger partial charge in [0.2, 0.25) is 0 Å². The maximum atomic E-state index is 13.1. The van der Waals surface area contributed by atoms with Gasteiger partial charge in [0.15, 0.2) is 0 Å². The molecule has 0 atom stereocenters. The number of hydrogen-bond acceptors (Lipinski definition) is 5. The van der Waals surface area contributed by atoms with Gasteiger partial charge in [-0.25, -0.2) is 4.98 Å². The number of nitrogens with one attached hydrogen (secondary N) is 1. The second-order valence-corrected chi connectivity index (χ2v) is 9.36. The summed E-state index contributed by atoms with van der Waals surface area (Å²) in [5.41, 5.74) is 1.19. The third-order valence-corrected chi connectivity index (χ3v) is 6.97. The summed E-state index contributed by atoms with van der Waals surface area (Å²) >= 11 is 1.59. The van der Waals surface area contributed by atoms with Gasteiger partial charge in [0.25, 0.3) is 5.91 Å². The average molecular weight is 497 g/mol. The van der Waals surface area contributed by atoms with Gasteiger partial charge in [-0.3, -0.25) is 4.79 Å². The Labute approximate surface area is 204 Å². The Kier molecular flexibility index (Phi) is 6.34. The second-order valence-electron chi connectivity index (χ2n) is 8.33. The number of amides is 1. The van der Waals surface area contributed by atoms with E-state index in [1.165, 1.54) is 12.1 Å². The van der Waals surface area contributed by atoms with Crippen LogP contribution in [0, 0.1) is 0 Å². The zero-order valence-electron chi connectivity index (χ0n) is 18.8. The molecule has 5 rings (SSSR count). The van der Waals surface area contributed by atoms with Gasteiger partial charge >= 0.3 is 6.18 Å². The highest BCUT2D eigenvalue weighted by atomic mass is 32.1. The number of pyridine rings is 1. The van der Waals surface area contributed by atoms with Crippen LogP contribution in [0.4, 0.5) is 24.7 Å². The van der Waals surface area contributed by atoms with Crippen LogP contribution in [0.5, 0.6) is 0 Å². The number of para-hydroxylation sites is 1. The Morgan fingerprint density at radius 2 is 1.71 bits per heavy atom. The highest BCUT2D eigenvalue weighted by Gasteiger charge is 2.31. The number of hydrogen-bond donors (Lipinski definition) is 1. The van der Waals surface area contributed by atoms with Crippen molar-refractivity contribution < 1.29 is 18.0 Å². The zero-order valence-corrected chi connectivity index (χ0v) is 19.6. The molecule has 4 aromatic rings. The van der Waals surface area contributed by atoms with E-state index in [9.17, 15) is 18.0 Å². The number of benzene rings is 2. The van der Waals surface area contributed by atoms with E-state index in [2.05, 4.69) is 10.2 Å². The van der Waals surface area contributed by atoms with E-state index in [0.717, 1.165) is 21.8 Å². The van der Waals surface area contributed by atoms with Gasteiger partial charge in [-0.2, -0.15) is 13.2 Å². The van der Waals surface area contributed by atoms with E-state index < -0.39 is 11.7 Å². The first kappa shape index (κ1) is 23.2. The number of aromatic nitrogens is 1. The number of fused-ring (bicyclic) bond motifs is 1. The SMILES string of the molecule is O=C(NCc1cccs1)c1cc(N2CCN(c3cccc(C(F)(F)F)c3)CC2)nc2ccccc12. The topological polar surface area (TPSA) is 48.5 Å². The van der Waals surface area contributed by atoms with E-state index in [4.69, 9.17) is 4.98 Å². The van der Waals surface area contributed by atoms with Gasteiger partial charge in [-0.05, 0) is 41.8 Å². The first-order valence-corrected chi connectivity index (χ1v) is 12.1. The number of piperazine rings is 1. The highest BCUT2D eigenvalue weighted by molar-refractivity contribution is 7.09. The number of rotatable bonds is 5. The van der Waals surface area contributed by atoms with Gasteiger partial charge in [-0.15, -0.1) is 11.3 Å². The summed E-state index contributed by atoms with van der Waals surface area (Å²) in [6, 6.07) is 18.7. The van der Waals surface area contributed by atoms with Crippen LogP contribution in [0.15, 0.2) is 72.1 Å². The van der Waals surface area contributed by atoms with Crippen molar-refractivity contribution >= 4 is 39.7 Å². The van der Waals surface area contributed by atoms with Crippen molar-refractivity contribution in [3.05, 3.63) is 88.1 Å². The third kappa shape index (κ3) is 5.09. The summed E-state index contributed by atoms with van der Waals surface area (Å²) in [6.45, 7) is 2.72. The normalized spacial score (nSPS) is 14.4. The molecule has 2 aromatic carbocycles. The molecular formula is C26H23F3N4OS. The number of nitrogens with zero attached hydrogens (tertiary/aromatic N) is 3. The molecule has 1 aliphatic rings. The van der Waals surface area contributed by atoms with Crippen molar-refractivity contribution in [2.75, 3.05) is 36.0 Å². The van der Waals surface area contributed by atoms with Gasteiger partial charge in [0.1, 0.15) is 5.82 Å². The summed E-state index contributed by atoms with van der Waals surface area (Å²) < 4.78 is 39.4. The fourth-order valence-corrected chi connectivity index (χ4v) is 4.90. The molecule has 35 heavy (non-hydrogen) atoms. The molecule has 0 spiro atoms. The van der Waals surface area contributed by atoms with Crippen LogP contribution in [0.1, 0.15) is 20.8 Å². The molecule has 180 valence electrons. The van der Waals surface area contributed by atoms with E-state index in [1.807, 2.05) is 52.7 Å². The molecule has 0 bridgehead atoms. The number of alkyl halides is 3. The molecule has 0 aliphatic carbocycles. The molecule has 9 heteroatoms. The smallest absolute Gasteiger partial charge is 0.368 e. The van der Waals surface area contributed by atoms with Crippen LogP contribution in [0.2, 0.25) is 0 Å². The molecule has 0 unspecified atom stereocenters. The number of carbonyl (C=O) groups is 1. The molecular weight excluding hydrogens is 473 g/mol. The fourth-order valence-electron chi connectivity index (χ4n) is 4.26. The summed E-state index contributed by atoms with van der Waals surface area (Å²) in [6.07, 6.45) is -4.37. The predicted molar refractivity (Wildman–Crippen MR) is 133 cm³/mol. The molecule has 1 aliphatic heterocycles. The standard InChI is InChI=1S/C26H23F3N4OS/c27-26(28,29)18-5-3-6-19(15-18)32-10-12-33(13-11-32)24-16-22(21-8-1-2-9-23(21)31-24)25(34)30-17-20-7-4-14-35-20/h1-9,14-16H,10-13,17H2,(H,30,34). The molecule has 2 aromatic heterocycles. The lowest BCUT2D eigenvalue weighted by Gasteiger charge is -2.37. The maximum Gasteiger partial charge on any atom is 0.416 e. The van der Waals surface area contributed by atoms with Crippen LogP contribution >= 0.6 is 11.3 Å². The van der Waals surface area contributed by atoms with Crippen LogP contribution in [0.3, 0.4) is 0 Å². The minimum atomic E-state index is -4.37. The van der Waals surface area contributed by atoms with Gasteiger partial charge in [-0.1, -0.05) is 30.3 Å². The van der Waals surface area contributed by atoms with E-state index >= 15 is 0 Å². The minimum absolute atomic E-state index is 0.166. The summed E-state index contributed by atoms with van der Waals surface area (Å²) in [4.78, 5) is 23.0. The molecule has 5 nitrogen and oxygen atoms in total. The fraction of sp³-hybridized carbons (Fsp3) is 0.231. The van der Waals surface area contributed by atoms with Crippen molar-refractivity contribution in [2.45, 2.75) is 12.7 Å². The predicted octanol–water partition coefficient (Wildman–Crippen LogP) is 5.57. The van der Waals surface area contributed by atoms with Crippen LogP contribution in [-0.2, 0) is 12.7 Å². The summed E-state index contributed by atoms with van der Waals surface area (Å²) in [5.74, 6) is 0.523. The first-order chi connectivity index (χ1) is 16.9. The number of anilines is 2. The largest absolute Gasteiger partial charge is 0.416 e. The molecule has 1 amide bonds. The summed E-state index contributed by atoms with van der Waals surface area (Å²) in [7, 11) is 0. The maximum absolute atomic E-state index is 13.1. The number of thiophene rings is 1. The molecule has 0 radical (unpaired) electrons. The van der Waals surface area contributed by atoms with Crippen molar-refractivity contribution in [2.24, 2.45) is 0 Å². The Morgan fingerprint density at radius 3 is 2.46 bits per heavy atom. The Hall–Kier alpha value is -3.59. The van der Waals surface area contributed by atoms with Crippen molar-refractivity contribution in [1.82, 2.24) is 10.3 Å². The van der Waals surface area contributed by atoms with E-state index in [1.54, 1.807) is 17.4 Å². The Morgan fingerprint density at radius 1 is 0.943 bits per heavy atom. The molecule has 3 heterocycles. The molecule has 1 N–H and O–H groups in total. The molecule has 1 fully saturated rings. The molecule has 0 saturated carbocycles. The Balaban J connectivity index is 1.35. The number of halogens is 3. The second kappa shape index (κ2) is 9.58. The van der Waals surface area contributed by atoms with Crippen LogP contribution in [0.25, 0.3) is 10.9 Å². The van der Waals surface area contributed by atoms with Crippen molar-refractivity contribution in [1.29, 1.82) is 0 Å². The Bertz CT molecular complexity index is 1330. The lowest BCUT2D eigenvalue weighted by molar-refractivity contribution is -0.137. The van der Waals surface area contributed by atoms with Gasteiger partial charge < -0.3 is 15.1 Å². The van der Waals surface area contributed by atoms with E-state index in [0.29, 0.717) is 49.8 Å². The van der Waals surface area contributed by atoms with Crippen LogP contribution < -0.4 is 15.1 Å². The lowest BCUT2D eigenvalue weighted by atomic mass is 10.1. The quantitative estimate of drug-likeness (QED) is 0.392. The third-order valence-electron chi connectivity index (χ3n) is 6.09. The minimum Gasteiger partial charge on any atom is -0.368 e. The monoisotopic (exact) mass is 496 g/mol.